The quantitative estimate of drug-likeness (QED) is 0.663. The zero-order valence-corrected chi connectivity index (χ0v) is 8.97. The van der Waals surface area contributed by atoms with E-state index in [1.54, 1.807) is 0 Å². The number of allylic oxidation sites excluding steroid dienone is 1. The third kappa shape index (κ3) is 3.51. The molecule has 0 heterocycles. The van der Waals surface area contributed by atoms with Crippen LogP contribution in [0.25, 0.3) is 0 Å². The van der Waals surface area contributed by atoms with Crippen LogP contribution in [-0.2, 0) is 0 Å². The minimum atomic E-state index is -0.367. The molecule has 0 aromatic rings. The highest BCUT2D eigenvalue weighted by molar-refractivity contribution is 5.03. The topological polar surface area (TPSA) is 20.2 Å². The SMILES string of the molecule is CC/C=C(\C)CC1(O)CCCCC1. The maximum absolute atomic E-state index is 10.2. The van der Waals surface area contributed by atoms with Crippen LogP contribution in [0.5, 0.6) is 0 Å². The zero-order chi connectivity index (χ0) is 9.73. The molecule has 0 aromatic carbocycles. The normalized spacial score (nSPS) is 23.2. The molecule has 1 fully saturated rings. The lowest BCUT2D eigenvalue weighted by Gasteiger charge is -2.32. The minimum Gasteiger partial charge on any atom is -0.390 e. The molecule has 1 aliphatic carbocycles. The van der Waals surface area contributed by atoms with Crippen LogP contribution < -0.4 is 0 Å². The van der Waals surface area contributed by atoms with Gasteiger partial charge in [0.1, 0.15) is 0 Å². The molecule has 0 amide bonds. The highest BCUT2D eigenvalue weighted by Crippen LogP contribution is 2.33. The highest BCUT2D eigenvalue weighted by atomic mass is 16.3. The van der Waals surface area contributed by atoms with E-state index >= 15 is 0 Å². The standard InChI is InChI=1S/C12H22O/c1-3-7-11(2)10-12(13)8-5-4-6-9-12/h7,13H,3-6,8-10H2,1-2H3/b11-7+. The van der Waals surface area contributed by atoms with Gasteiger partial charge in [-0.1, -0.05) is 37.8 Å². The van der Waals surface area contributed by atoms with Crippen LogP contribution in [0, 0.1) is 0 Å². The van der Waals surface area contributed by atoms with E-state index in [1.165, 1.54) is 24.8 Å². The molecule has 0 radical (unpaired) electrons. The van der Waals surface area contributed by atoms with Crippen LogP contribution in [0.3, 0.4) is 0 Å². The molecule has 13 heavy (non-hydrogen) atoms. The molecule has 1 heteroatoms. The van der Waals surface area contributed by atoms with Gasteiger partial charge in [-0.3, -0.25) is 0 Å². The van der Waals surface area contributed by atoms with Gasteiger partial charge in [0.2, 0.25) is 0 Å². The third-order valence-corrected chi connectivity index (χ3v) is 2.94. The van der Waals surface area contributed by atoms with Crippen LogP contribution in [0.15, 0.2) is 11.6 Å². The van der Waals surface area contributed by atoms with Crippen molar-refractivity contribution in [1.82, 2.24) is 0 Å². The summed E-state index contributed by atoms with van der Waals surface area (Å²) in [4.78, 5) is 0. The summed E-state index contributed by atoms with van der Waals surface area (Å²) in [5.41, 5.74) is 0.987. The van der Waals surface area contributed by atoms with Crippen molar-refractivity contribution in [3.8, 4) is 0 Å². The summed E-state index contributed by atoms with van der Waals surface area (Å²) in [5.74, 6) is 0. The fourth-order valence-electron chi connectivity index (χ4n) is 2.33. The van der Waals surface area contributed by atoms with Gasteiger partial charge in [0.15, 0.2) is 0 Å². The van der Waals surface area contributed by atoms with Gasteiger partial charge in [-0.25, -0.2) is 0 Å². The van der Waals surface area contributed by atoms with Crippen molar-refractivity contribution in [1.29, 1.82) is 0 Å². The molecular formula is C12H22O. The molecule has 0 unspecified atom stereocenters. The molecule has 0 aliphatic heterocycles. The number of rotatable bonds is 3. The molecule has 0 atom stereocenters. The van der Waals surface area contributed by atoms with Gasteiger partial charge in [-0.05, 0) is 32.6 Å². The van der Waals surface area contributed by atoms with Crippen molar-refractivity contribution >= 4 is 0 Å². The van der Waals surface area contributed by atoms with E-state index in [4.69, 9.17) is 0 Å². The summed E-state index contributed by atoms with van der Waals surface area (Å²) >= 11 is 0. The Bertz CT molecular complexity index is 176. The largest absolute Gasteiger partial charge is 0.390 e. The first-order valence-electron chi connectivity index (χ1n) is 5.54. The second kappa shape index (κ2) is 4.80. The van der Waals surface area contributed by atoms with Crippen molar-refractivity contribution in [2.24, 2.45) is 0 Å². The van der Waals surface area contributed by atoms with Gasteiger partial charge in [0.25, 0.3) is 0 Å². The molecule has 1 nitrogen and oxygen atoms in total. The van der Waals surface area contributed by atoms with E-state index in [2.05, 4.69) is 19.9 Å². The van der Waals surface area contributed by atoms with E-state index in [9.17, 15) is 5.11 Å². The van der Waals surface area contributed by atoms with E-state index in [-0.39, 0.29) is 5.60 Å². The monoisotopic (exact) mass is 182 g/mol. The fourth-order valence-corrected chi connectivity index (χ4v) is 2.33. The fraction of sp³-hybridized carbons (Fsp3) is 0.833. The van der Waals surface area contributed by atoms with Crippen molar-refractivity contribution in [2.45, 2.75) is 64.4 Å². The third-order valence-electron chi connectivity index (χ3n) is 2.94. The van der Waals surface area contributed by atoms with Gasteiger partial charge in [0, 0.05) is 0 Å². The van der Waals surface area contributed by atoms with Crippen molar-refractivity contribution in [3.05, 3.63) is 11.6 Å². The highest BCUT2D eigenvalue weighted by Gasteiger charge is 2.28. The summed E-state index contributed by atoms with van der Waals surface area (Å²) in [6, 6.07) is 0. The lowest BCUT2D eigenvalue weighted by Crippen LogP contribution is -2.31. The van der Waals surface area contributed by atoms with Crippen molar-refractivity contribution < 1.29 is 5.11 Å². The van der Waals surface area contributed by atoms with Crippen LogP contribution in [0.4, 0.5) is 0 Å². The smallest absolute Gasteiger partial charge is 0.0684 e. The molecule has 76 valence electrons. The molecule has 0 aromatic heterocycles. The number of hydrogen-bond donors (Lipinski definition) is 1. The van der Waals surface area contributed by atoms with E-state index in [0.717, 1.165) is 25.7 Å². The Morgan fingerprint density at radius 1 is 1.31 bits per heavy atom. The second-order valence-corrected chi connectivity index (χ2v) is 4.42. The van der Waals surface area contributed by atoms with E-state index < -0.39 is 0 Å². The van der Waals surface area contributed by atoms with Gasteiger partial charge in [0.05, 0.1) is 5.60 Å². The van der Waals surface area contributed by atoms with Gasteiger partial charge < -0.3 is 5.11 Å². The number of hydrogen-bond acceptors (Lipinski definition) is 1. The van der Waals surface area contributed by atoms with Crippen LogP contribution in [0.1, 0.15) is 58.8 Å². The molecule has 0 saturated heterocycles. The average molecular weight is 182 g/mol. The first-order chi connectivity index (χ1) is 6.16. The Morgan fingerprint density at radius 3 is 2.46 bits per heavy atom. The van der Waals surface area contributed by atoms with Gasteiger partial charge >= 0.3 is 0 Å². The Morgan fingerprint density at radius 2 is 1.92 bits per heavy atom. The lowest BCUT2D eigenvalue weighted by molar-refractivity contribution is 0.00452. The second-order valence-electron chi connectivity index (χ2n) is 4.42. The lowest BCUT2D eigenvalue weighted by atomic mass is 9.80. The van der Waals surface area contributed by atoms with Gasteiger partial charge in [-0.2, -0.15) is 0 Å². The van der Waals surface area contributed by atoms with Crippen LogP contribution in [0.2, 0.25) is 0 Å². The Hall–Kier alpha value is -0.300. The Kier molecular flexibility index (Phi) is 3.98. The summed E-state index contributed by atoms with van der Waals surface area (Å²) in [6.45, 7) is 4.28. The van der Waals surface area contributed by atoms with E-state index in [1.807, 2.05) is 0 Å². The Labute approximate surface area is 81.9 Å². The first kappa shape index (κ1) is 10.8. The number of aliphatic hydroxyl groups is 1. The molecule has 0 bridgehead atoms. The molecular weight excluding hydrogens is 160 g/mol. The summed E-state index contributed by atoms with van der Waals surface area (Å²) in [5, 5.41) is 10.2. The van der Waals surface area contributed by atoms with Gasteiger partial charge in [-0.15, -0.1) is 0 Å². The zero-order valence-electron chi connectivity index (χ0n) is 8.97. The summed E-state index contributed by atoms with van der Waals surface area (Å²) in [6.07, 6.45) is 9.92. The molecule has 0 spiro atoms. The summed E-state index contributed by atoms with van der Waals surface area (Å²) in [7, 11) is 0. The van der Waals surface area contributed by atoms with E-state index in [0.29, 0.717) is 0 Å². The van der Waals surface area contributed by atoms with Crippen LogP contribution >= 0.6 is 0 Å². The minimum absolute atomic E-state index is 0.367. The molecule has 1 N–H and O–H groups in total. The maximum Gasteiger partial charge on any atom is 0.0684 e. The Balaban J connectivity index is 2.45. The summed E-state index contributed by atoms with van der Waals surface area (Å²) < 4.78 is 0. The predicted molar refractivity (Wildman–Crippen MR) is 56.7 cm³/mol. The van der Waals surface area contributed by atoms with Crippen molar-refractivity contribution in [2.75, 3.05) is 0 Å². The van der Waals surface area contributed by atoms with Crippen LogP contribution in [-0.4, -0.2) is 10.7 Å². The average Bonchev–Trinajstić information content (AvgIpc) is 2.04. The predicted octanol–water partition coefficient (Wildman–Crippen LogP) is 3.43. The first-order valence-corrected chi connectivity index (χ1v) is 5.54. The maximum atomic E-state index is 10.2. The molecule has 1 saturated carbocycles. The molecule has 1 aliphatic rings. The van der Waals surface area contributed by atoms with Crippen molar-refractivity contribution in [3.63, 3.8) is 0 Å². The molecule has 1 rings (SSSR count).